The third kappa shape index (κ3) is 10.1. The van der Waals surface area contributed by atoms with Crippen LogP contribution in [0.4, 0.5) is 21.0 Å². The number of rotatable bonds is 12. The highest BCUT2D eigenvalue weighted by Gasteiger charge is 2.21. The molecule has 0 spiro atoms. The van der Waals surface area contributed by atoms with E-state index in [2.05, 4.69) is 21.3 Å². The number of hydrogen-bond donors (Lipinski definition) is 4. The van der Waals surface area contributed by atoms with Crippen LogP contribution in [0.2, 0.25) is 0 Å². The van der Waals surface area contributed by atoms with Gasteiger partial charge in [0, 0.05) is 24.5 Å². The molecule has 0 unspecified atom stereocenters. The molecule has 52 heavy (non-hydrogen) atoms. The predicted molar refractivity (Wildman–Crippen MR) is 199 cm³/mol. The van der Waals surface area contributed by atoms with Crippen LogP contribution in [0.15, 0.2) is 119 Å². The van der Waals surface area contributed by atoms with Crippen LogP contribution in [0, 0.1) is 27.7 Å². The number of benzene rings is 5. The fourth-order valence-electron chi connectivity index (χ4n) is 5.05. The number of aryl methyl sites for hydroxylation is 4. The Morgan fingerprint density at radius 1 is 0.519 bits per heavy atom. The molecule has 5 aromatic rings. The maximum atomic E-state index is 12.8. The normalized spacial score (nSPS) is 11.3. The molecule has 270 valence electrons. The molecule has 0 atom stereocenters. The second-order valence-electron chi connectivity index (χ2n) is 12.1. The largest absolute Gasteiger partial charge is 0.379 e. The van der Waals surface area contributed by atoms with Crippen LogP contribution < -0.4 is 29.6 Å². The van der Waals surface area contributed by atoms with Gasteiger partial charge in [0.2, 0.25) is 0 Å². The highest BCUT2D eigenvalue weighted by Crippen LogP contribution is 2.25. The second kappa shape index (κ2) is 16.0. The van der Waals surface area contributed by atoms with Gasteiger partial charge in [0.05, 0.1) is 0 Å². The van der Waals surface area contributed by atoms with E-state index >= 15 is 0 Å². The van der Waals surface area contributed by atoms with Gasteiger partial charge in [0.1, 0.15) is 21.3 Å². The smallest absolute Gasteiger partial charge is 0.339 e. The van der Waals surface area contributed by atoms with Crippen molar-refractivity contribution in [3.05, 3.63) is 143 Å². The fourth-order valence-corrected chi connectivity index (χ4v) is 7.54. The maximum Gasteiger partial charge on any atom is 0.339 e. The highest BCUT2D eigenvalue weighted by atomic mass is 32.2. The average Bonchev–Trinajstić information content (AvgIpc) is 3.10. The summed E-state index contributed by atoms with van der Waals surface area (Å²) in [6, 6.07) is 28.5. The zero-order valence-corrected chi connectivity index (χ0v) is 30.5. The monoisotopic (exact) mass is 742 g/mol. The van der Waals surface area contributed by atoms with Crippen molar-refractivity contribution in [2.24, 2.45) is 0 Å². The predicted octanol–water partition coefficient (Wildman–Crippen LogP) is 7.10. The van der Waals surface area contributed by atoms with Crippen molar-refractivity contribution in [2.75, 3.05) is 10.6 Å². The molecule has 12 nitrogen and oxygen atoms in total. The minimum absolute atomic E-state index is 0.0944. The molecule has 0 aromatic heterocycles. The van der Waals surface area contributed by atoms with E-state index in [0.29, 0.717) is 22.5 Å². The molecule has 0 radical (unpaired) electrons. The Hall–Kier alpha value is -5.86. The van der Waals surface area contributed by atoms with Crippen molar-refractivity contribution >= 4 is 43.7 Å². The van der Waals surface area contributed by atoms with Gasteiger partial charge < -0.3 is 29.6 Å². The number of amides is 4. The van der Waals surface area contributed by atoms with Gasteiger partial charge in [-0.25, -0.2) is 9.59 Å². The van der Waals surface area contributed by atoms with E-state index in [-0.39, 0.29) is 34.4 Å². The molecule has 0 saturated heterocycles. The molecule has 5 rings (SSSR count). The number of carbonyl (C=O) groups is 2. The molecule has 0 heterocycles. The molecule has 0 aliphatic heterocycles. The Kier molecular flexibility index (Phi) is 11.5. The van der Waals surface area contributed by atoms with E-state index < -0.39 is 32.3 Å². The number of urea groups is 2. The lowest BCUT2D eigenvalue weighted by Gasteiger charge is -2.12. The lowest BCUT2D eigenvalue weighted by molar-refractivity contribution is 0.251. The Morgan fingerprint density at radius 2 is 0.904 bits per heavy atom. The molecule has 0 aliphatic rings. The Balaban J connectivity index is 1.06. The summed E-state index contributed by atoms with van der Waals surface area (Å²) in [6.45, 7) is 7.40. The zero-order chi connectivity index (χ0) is 37.5. The van der Waals surface area contributed by atoms with Gasteiger partial charge in [-0.15, -0.1) is 0 Å². The van der Waals surface area contributed by atoms with Gasteiger partial charge in [-0.1, -0.05) is 48.5 Å². The van der Waals surface area contributed by atoms with Gasteiger partial charge in [-0.2, -0.15) is 16.8 Å². The van der Waals surface area contributed by atoms with Gasteiger partial charge in [0.25, 0.3) is 0 Å². The summed E-state index contributed by atoms with van der Waals surface area (Å²) >= 11 is 0. The van der Waals surface area contributed by atoms with Gasteiger partial charge in [-0.05, 0) is 122 Å². The van der Waals surface area contributed by atoms with Crippen molar-refractivity contribution in [1.82, 2.24) is 10.6 Å². The average molecular weight is 743 g/mol. The van der Waals surface area contributed by atoms with E-state index in [0.717, 1.165) is 22.3 Å². The first-order valence-corrected chi connectivity index (χ1v) is 18.9. The molecule has 0 aliphatic carbocycles. The molecule has 0 saturated carbocycles. The first kappa shape index (κ1) is 37.4. The number of nitrogens with one attached hydrogen (secondary N) is 4. The van der Waals surface area contributed by atoms with Crippen LogP contribution in [0.25, 0.3) is 0 Å². The molecular formula is C38H38N4O8S2. The third-order valence-corrected chi connectivity index (χ3v) is 10.5. The standard InChI is InChI=1S/C38H38N4O8S2/c1-25-8-10-27(3)35(20-25)51(45,46)49-33-16-12-31(13-17-33)41-37(43)39-23-29-6-5-7-30(22-29)24-40-38(44)42-32-14-18-34(19-15-32)50-52(47,48)36-21-26(2)9-11-28(36)4/h5-22H,23-24H2,1-4H3,(H2,39,41,43)(H2,40,42,44). The van der Waals surface area contributed by atoms with Crippen LogP contribution in [0.5, 0.6) is 11.5 Å². The zero-order valence-electron chi connectivity index (χ0n) is 28.9. The first-order chi connectivity index (χ1) is 24.7. The second-order valence-corrected chi connectivity index (χ2v) is 15.1. The third-order valence-electron chi connectivity index (χ3n) is 7.76. The highest BCUT2D eigenvalue weighted by molar-refractivity contribution is 7.87. The summed E-state index contributed by atoms with van der Waals surface area (Å²) < 4.78 is 61.7. The summed E-state index contributed by atoms with van der Waals surface area (Å²) in [5.74, 6) is 0.214. The minimum Gasteiger partial charge on any atom is -0.379 e. The summed E-state index contributed by atoms with van der Waals surface area (Å²) in [6.07, 6.45) is 0. The fraction of sp³-hybridized carbons (Fsp3) is 0.158. The summed E-state index contributed by atoms with van der Waals surface area (Å²) in [5.41, 5.74) is 5.19. The SMILES string of the molecule is Cc1ccc(C)c(S(=O)(=O)Oc2ccc(NC(=O)NCc3cccc(CNC(=O)Nc4ccc(OS(=O)(=O)c5cc(C)ccc5C)cc4)c3)cc2)c1. The molecule has 0 fully saturated rings. The van der Waals surface area contributed by atoms with Crippen molar-refractivity contribution in [1.29, 1.82) is 0 Å². The first-order valence-electron chi connectivity index (χ1n) is 16.1. The van der Waals surface area contributed by atoms with Crippen LogP contribution in [0.1, 0.15) is 33.4 Å². The number of hydrogen-bond acceptors (Lipinski definition) is 8. The molecule has 0 bridgehead atoms. The van der Waals surface area contributed by atoms with Crippen LogP contribution in [-0.2, 0) is 33.3 Å². The topological polar surface area (TPSA) is 169 Å². The van der Waals surface area contributed by atoms with E-state index in [4.69, 9.17) is 8.37 Å². The Labute approximate surface area is 303 Å². The van der Waals surface area contributed by atoms with E-state index in [9.17, 15) is 26.4 Å². The molecule has 14 heteroatoms. The van der Waals surface area contributed by atoms with Crippen molar-refractivity contribution in [3.8, 4) is 11.5 Å². The molecule has 4 N–H and O–H groups in total. The minimum atomic E-state index is -4.03. The lowest BCUT2D eigenvalue weighted by Crippen LogP contribution is -2.29. The van der Waals surface area contributed by atoms with Gasteiger partial charge in [0.15, 0.2) is 0 Å². The summed E-state index contributed by atoms with van der Waals surface area (Å²) in [7, 11) is -8.06. The van der Waals surface area contributed by atoms with E-state index in [1.165, 1.54) is 48.5 Å². The van der Waals surface area contributed by atoms with Crippen LogP contribution in [0.3, 0.4) is 0 Å². The van der Waals surface area contributed by atoms with E-state index in [1.54, 1.807) is 58.0 Å². The Morgan fingerprint density at radius 3 is 1.29 bits per heavy atom. The van der Waals surface area contributed by atoms with E-state index in [1.807, 2.05) is 30.3 Å². The van der Waals surface area contributed by atoms with Crippen molar-refractivity contribution < 1.29 is 34.8 Å². The van der Waals surface area contributed by atoms with Gasteiger partial charge in [-0.3, -0.25) is 0 Å². The molecular weight excluding hydrogens is 705 g/mol. The van der Waals surface area contributed by atoms with Gasteiger partial charge >= 0.3 is 32.3 Å². The quantitative estimate of drug-likeness (QED) is 0.0982. The summed E-state index contributed by atoms with van der Waals surface area (Å²) in [4.78, 5) is 25.3. The van der Waals surface area contributed by atoms with Crippen molar-refractivity contribution in [3.63, 3.8) is 0 Å². The van der Waals surface area contributed by atoms with Crippen LogP contribution in [-0.4, -0.2) is 28.9 Å². The maximum absolute atomic E-state index is 12.8. The Bertz CT molecular complexity index is 2150. The molecule has 4 amide bonds. The summed E-state index contributed by atoms with van der Waals surface area (Å²) in [5, 5.41) is 10.9. The van der Waals surface area contributed by atoms with Crippen molar-refractivity contribution in [2.45, 2.75) is 50.6 Å². The van der Waals surface area contributed by atoms with Crippen LogP contribution >= 0.6 is 0 Å². The lowest BCUT2D eigenvalue weighted by atomic mass is 10.1. The number of anilines is 2. The number of carbonyl (C=O) groups excluding carboxylic acids is 2. The molecule has 5 aromatic carbocycles.